The van der Waals surface area contributed by atoms with Crippen LogP contribution in [0, 0.1) is 0 Å². The maximum absolute atomic E-state index is 12.6. The van der Waals surface area contributed by atoms with E-state index in [-0.39, 0.29) is 6.42 Å². The summed E-state index contributed by atoms with van der Waals surface area (Å²) in [5.74, 6) is -1.98. The minimum atomic E-state index is -5.01. The van der Waals surface area contributed by atoms with Crippen molar-refractivity contribution in [1.82, 2.24) is 4.90 Å². The van der Waals surface area contributed by atoms with E-state index in [0.717, 1.165) is 14.2 Å². The summed E-state index contributed by atoms with van der Waals surface area (Å²) < 4.78 is 42.2. The van der Waals surface area contributed by atoms with Crippen LogP contribution in [0.1, 0.15) is 5.56 Å². The molecule has 0 spiro atoms. The Morgan fingerprint density at radius 2 is 1.80 bits per heavy atom. The Labute approximate surface area is 114 Å². The van der Waals surface area contributed by atoms with Gasteiger partial charge in [0.2, 0.25) is 0 Å². The third kappa shape index (κ3) is 3.97. The quantitative estimate of drug-likeness (QED) is 0.855. The number of ketones is 1. The Kier molecular flexibility index (Phi) is 5.12. The molecule has 0 aliphatic heterocycles. The molecule has 1 rings (SSSR count). The Balaban J connectivity index is 3.02. The number of ether oxygens (including phenoxy) is 1. The van der Waals surface area contributed by atoms with E-state index in [1.807, 2.05) is 0 Å². The molecule has 1 unspecified atom stereocenters. The minimum Gasteiger partial charge on any atom is -0.453 e. The van der Waals surface area contributed by atoms with Gasteiger partial charge in [-0.05, 0) is 5.56 Å². The van der Waals surface area contributed by atoms with Gasteiger partial charge >= 0.3 is 12.3 Å². The van der Waals surface area contributed by atoms with Gasteiger partial charge in [-0.25, -0.2) is 4.79 Å². The molecule has 0 heterocycles. The number of benzene rings is 1. The molecule has 1 atom stereocenters. The fourth-order valence-electron chi connectivity index (χ4n) is 1.70. The minimum absolute atomic E-state index is 0.231. The van der Waals surface area contributed by atoms with E-state index < -0.39 is 24.1 Å². The number of hydrogen-bond acceptors (Lipinski definition) is 3. The summed E-state index contributed by atoms with van der Waals surface area (Å²) in [6, 6.07) is 6.51. The number of Topliss-reactive ketones (excluding diaryl/α,β-unsaturated/α-hetero) is 1. The summed E-state index contributed by atoms with van der Waals surface area (Å²) in [7, 11) is 2.14. The highest BCUT2D eigenvalue weighted by Gasteiger charge is 2.46. The number of amides is 1. The van der Waals surface area contributed by atoms with Crippen LogP contribution in [0.15, 0.2) is 30.3 Å². The maximum atomic E-state index is 12.6. The van der Waals surface area contributed by atoms with Crippen LogP contribution in [0.3, 0.4) is 0 Å². The SMILES string of the molecule is COC(=O)N(C)C(Cc1ccccc1)C(=O)C(F)(F)F. The van der Waals surface area contributed by atoms with Crippen molar-refractivity contribution >= 4 is 11.9 Å². The molecular formula is C13H14F3NO3. The number of halogens is 3. The molecule has 0 bridgehead atoms. The first kappa shape index (κ1) is 16.0. The highest BCUT2D eigenvalue weighted by Crippen LogP contribution is 2.22. The van der Waals surface area contributed by atoms with E-state index >= 15 is 0 Å². The molecule has 7 heteroatoms. The summed E-state index contributed by atoms with van der Waals surface area (Å²) >= 11 is 0. The van der Waals surface area contributed by atoms with Crippen LogP contribution in [0.4, 0.5) is 18.0 Å². The Morgan fingerprint density at radius 3 is 2.25 bits per heavy atom. The van der Waals surface area contributed by atoms with Crippen LogP contribution in [-0.2, 0) is 16.0 Å². The third-order valence-electron chi connectivity index (χ3n) is 2.78. The first-order chi connectivity index (χ1) is 9.27. The van der Waals surface area contributed by atoms with Crippen molar-refractivity contribution in [3.8, 4) is 0 Å². The van der Waals surface area contributed by atoms with E-state index in [4.69, 9.17) is 0 Å². The fraction of sp³-hybridized carbons (Fsp3) is 0.385. The lowest BCUT2D eigenvalue weighted by Crippen LogP contribution is -2.48. The summed E-state index contributed by atoms with van der Waals surface area (Å²) in [4.78, 5) is 23.5. The Morgan fingerprint density at radius 1 is 1.25 bits per heavy atom. The first-order valence-corrected chi connectivity index (χ1v) is 5.73. The van der Waals surface area contributed by atoms with Crippen molar-refractivity contribution in [2.24, 2.45) is 0 Å². The predicted molar refractivity (Wildman–Crippen MR) is 65.2 cm³/mol. The molecule has 0 N–H and O–H groups in total. The number of hydrogen-bond donors (Lipinski definition) is 0. The fourth-order valence-corrected chi connectivity index (χ4v) is 1.70. The van der Waals surface area contributed by atoms with Gasteiger partial charge in [-0.2, -0.15) is 13.2 Å². The number of carbonyl (C=O) groups is 2. The molecule has 0 aromatic heterocycles. The number of methoxy groups -OCH3 is 1. The monoisotopic (exact) mass is 289 g/mol. The van der Waals surface area contributed by atoms with Gasteiger partial charge in [0, 0.05) is 13.5 Å². The lowest BCUT2D eigenvalue weighted by atomic mass is 10.0. The average Bonchev–Trinajstić information content (AvgIpc) is 2.42. The average molecular weight is 289 g/mol. The van der Waals surface area contributed by atoms with Crippen LogP contribution >= 0.6 is 0 Å². The summed E-state index contributed by atoms with van der Waals surface area (Å²) in [6.45, 7) is 0. The smallest absolute Gasteiger partial charge is 0.452 e. The van der Waals surface area contributed by atoms with Gasteiger partial charge in [0.25, 0.3) is 5.78 Å². The molecule has 4 nitrogen and oxygen atoms in total. The summed E-state index contributed by atoms with van der Waals surface area (Å²) in [5, 5.41) is 0. The molecule has 0 fully saturated rings. The van der Waals surface area contributed by atoms with Crippen LogP contribution in [0.25, 0.3) is 0 Å². The highest BCUT2D eigenvalue weighted by molar-refractivity contribution is 5.91. The van der Waals surface area contributed by atoms with Gasteiger partial charge in [0.15, 0.2) is 0 Å². The van der Waals surface area contributed by atoms with Gasteiger partial charge in [0.05, 0.1) is 7.11 Å². The summed E-state index contributed by atoms with van der Waals surface area (Å²) in [5.41, 5.74) is 0.519. The Hall–Kier alpha value is -2.05. The number of nitrogens with zero attached hydrogens (tertiary/aromatic N) is 1. The molecule has 0 saturated carbocycles. The van der Waals surface area contributed by atoms with Gasteiger partial charge in [-0.15, -0.1) is 0 Å². The lowest BCUT2D eigenvalue weighted by molar-refractivity contribution is -0.175. The molecule has 1 aromatic rings. The zero-order valence-electron chi connectivity index (χ0n) is 11.0. The molecule has 1 amide bonds. The van der Waals surface area contributed by atoms with E-state index in [9.17, 15) is 22.8 Å². The largest absolute Gasteiger partial charge is 0.453 e. The van der Waals surface area contributed by atoms with Crippen molar-refractivity contribution in [1.29, 1.82) is 0 Å². The standard InChI is InChI=1S/C13H14F3NO3/c1-17(12(19)20-2)10(11(18)13(14,15)16)8-9-6-4-3-5-7-9/h3-7,10H,8H2,1-2H3. The van der Waals surface area contributed by atoms with Crippen LogP contribution < -0.4 is 0 Å². The molecule has 0 aliphatic carbocycles. The number of carbonyl (C=O) groups excluding carboxylic acids is 2. The lowest BCUT2D eigenvalue weighted by Gasteiger charge is -2.26. The topological polar surface area (TPSA) is 46.6 Å². The van der Waals surface area contributed by atoms with Crippen molar-refractivity contribution in [2.45, 2.75) is 18.6 Å². The van der Waals surface area contributed by atoms with Crippen molar-refractivity contribution in [3.05, 3.63) is 35.9 Å². The molecule has 20 heavy (non-hydrogen) atoms. The molecule has 1 aromatic carbocycles. The van der Waals surface area contributed by atoms with E-state index in [1.54, 1.807) is 30.3 Å². The second-order valence-electron chi connectivity index (χ2n) is 4.15. The zero-order chi connectivity index (χ0) is 15.3. The van der Waals surface area contributed by atoms with Crippen molar-refractivity contribution in [3.63, 3.8) is 0 Å². The number of alkyl halides is 3. The number of likely N-dealkylation sites (N-methyl/N-ethyl adjacent to an activating group) is 1. The molecule has 0 saturated heterocycles. The number of rotatable bonds is 4. The van der Waals surface area contributed by atoms with Gasteiger partial charge in [0.1, 0.15) is 6.04 Å². The zero-order valence-corrected chi connectivity index (χ0v) is 11.0. The van der Waals surface area contributed by atoms with Gasteiger partial charge in [-0.3, -0.25) is 4.79 Å². The first-order valence-electron chi connectivity index (χ1n) is 5.73. The van der Waals surface area contributed by atoms with Crippen LogP contribution in [-0.4, -0.2) is 43.2 Å². The molecular weight excluding hydrogens is 275 g/mol. The summed E-state index contributed by atoms with van der Waals surface area (Å²) in [6.07, 6.45) is -6.24. The second-order valence-corrected chi connectivity index (χ2v) is 4.15. The van der Waals surface area contributed by atoms with Crippen molar-refractivity contribution in [2.75, 3.05) is 14.2 Å². The van der Waals surface area contributed by atoms with Crippen LogP contribution in [0.2, 0.25) is 0 Å². The van der Waals surface area contributed by atoms with Crippen LogP contribution in [0.5, 0.6) is 0 Å². The van der Waals surface area contributed by atoms with Gasteiger partial charge in [-0.1, -0.05) is 30.3 Å². The van der Waals surface area contributed by atoms with Crippen molar-refractivity contribution < 1.29 is 27.5 Å². The second kappa shape index (κ2) is 6.40. The molecule has 110 valence electrons. The molecule has 0 aliphatic rings. The maximum Gasteiger partial charge on any atom is 0.452 e. The van der Waals surface area contributed by atoms with E-state index in [0.29, 0.717) is 10.5 Å². The highest BCUT2D eigenvalue weighted by atomic mass is 19.4. The Bertz CT molecular complexity index is 473. The van der Waals surface area contributed by atoms with Gasteiger partial charge < -0.3 is 9.64 Å². The normalized spacial score (nSPS) is 12.7. The third-order valence-corrected chi connectivity index (χ3v) is 2.78. The molecule has 0 radical (unpaired) electrons. The van der Waals surface area contributed by atoms with E-state index in [1.165, 1.54) is 0 Å². The van der Waals surface area contributed by atoms with E-state index in [2.05, 4.69) is 4.74 Å². The predicted octanol–water partition coefficient (Wildman–Crippen LogP) is 2.43.